The molecule has 1 unspecified atom stereocenters. The van der Waals surface area contributed by atoms with Crippen LogP contribution in [0.25, 0.3) is 0 Å². The molecule has 0 saturated carbocycles. The minimum Gasteiger partial charge on any atom is -0.469 e. The lowest BCUT2D eigenvalue weighted by molar-refractivity contribution is -0.142. The molecular weight excluding hydrogens is 190 g/mol. The van der Waals surface area contributed by atoms with E-state index in [4.69, 9.17) is 10.5 Å². The second-order valence-electron chi connectivity index (χ2n) is 3.41. The molecule has 1 aromatic rings. The lowest BCUT2D eigenvalue weighted by atomic mass is 9.97. The first-order valence-corrected chi connectivity index (χ1v) is 5.09. The van der Waals surface area contributed by atoms with Crippen molar-refractivity contribution in [1.82, 2.24) is 0 Å². The van der Waals surface area contributed by atoms with Crippen LogP contribution in [0.15, 0.2) is 24.3 Å². The van der Waals surface area contributed by atoms with Gasteiger partial charge in [-0.05, 0) is 17.5 Å². The van der Waals surface area contributed by atoms with Crippen molar-refractivity contribution in [2.75, 3.05) is 13.7 Å². The molecule has 1 rings (SSSR count). The number of benzene rings is 1. The van der Waals surface area contributed by atoms with Crippen LogP contribution in [0.5, 0.6) is 0 Å². The second kappa shape index (κ2) is 5.51. The van der Waals surface area contributed by atoms with Gasteiger partial charge in [0.05, 0.1) is 13.0 Å². The summed E-state index contributed by atoms with van der Waals surface area (Å²) in [6.45, 7) is 2.36. The molecule has 1 aromatic carbocycles. The minimum absolute atomic E-state index is 0.272. The summed E-state index contributed by atoms with van der Waals surface area (Å²) < 4.78 is 4.71. The van der Waals surface area contributed by atoms with Crippen molar-refractivity contribution in [2.45, 2.75) is 19.3 Å². The molecule has 1 atom stereocenters. The smallest absolute Gasteiger partial charge is 0.314 e. The van der Waals surface area contributed by atoms with E-state index in [-0.39, 0.29) is 18.4 Å². The Morgan fingerprint density at radius 3 is 2.80 bits per heavy atom. The Kier molecular flexibility index (Phi) is 4.31. The predicted octanol–water partition coefficient (Wildman–Crippen LogP) is 1.46. The normalized spacial score (nSPS) is 12.2. The Bertz CT molecular complexity index is 336. The Balaban J connectivity index is 2.96. The second-order valence-corrected chi connectivity index (χ2v) is 3.41. The number of hydrogen-bond donors (Lipinski definition) is 1. The molecule has 0 aliphatic rings. The Labute approximate surface area is 90.2 Å². The summed E-state index contributed by atoms with van der Waals surface area (Å²) in [7, 11) is 1.38. The van der Waals surface area contributed by atoms with E-state index in [1.165, 1.54) is 12.7 Å². The van der Waals surface area contributed by atoms with Gasteiger partial charge in [0.25, 0.3) is 0 Å². The molecule has 0 saturated heterocycles. The van der Waals surface area contributed by atoms with Gasteiger partial charge in [-0.3, -0.25) is 4.79 Å². The third-order valence-corrected chi connectivity index (χ3v) is 2.48. The van der Waals surface area contributed by atoms with Gasteiger partial charge < -0.3 is 10.5 Å². The lowest BCUT2D eigenvalue weighted by Gasteiger charge is -2.13. The molecule has 15 heavy (non-hydrogen) atoms. The highest BCUT2D eigenvalue weighted by atomic mass is 16.5. The lowest BCUT2D eigenvalue weighted by Crippen LogP contribution is -2.22. The van der Waals surface area contributed by atoms with Gasteiger partial charge in [-0.2, -0.15) is 0 Å². The summed E-state index contributed by atoms with van der Waals surface area (Å²) in [5.41, 5.74) is 7.71. The topological polar surface area (TPSA) is 52.3 Å². The third-order valence-electron chi connectivity index (χ3n) is 2.48. The van der Waals surface area contributed by atoms with Gasteiger partial charge in [0, 0.05) is 6.54 Å². The van der Waals surface area contributed by atoms with Crippen molar-refractivity contribution in [3.8, 4) is 0 Å². The number of rotatable bonds is 4. The Morgan fingerprint density at radius 1 is 1.53 bits per heavy atom. The fourth-order valence-corrected chi connectivity index (χ4v) is 1.54. The molecule has 3 nitrogen and oxygen atoms in total. The first-order chi connectivity index (χ1) is 7.22. The van der Waals surface area contributed by atoms with Crippen LogP contribution < -0.4 is 5.73 Å². The van der Waals surface area contributed by atoms with Crippen molar-refractivity contribution < 1.29 is 9.53 Å². The van der Waals surface area contributed by atoms with E-state index in [1.54, 1.807) is 0 Å². The van der Waals surface area contributed by atoms with Crippen LogP contribution in [-0.4, -0.2) is 19.6 Å². The van der Waals surface area contributed by atoms with Crippen molar-refractivity contribution in [2.24, 2.45) is 5.73 Å². The van der Waals surface area contributed by atoms with Gasteiger partial charge in [0.15, 0.2) is 0 Å². The zero-order valence-corrected chi connectivity index (χ0v) is 9.19. The molecule has 2 N–H and O–H groups in total. The molecule has 0 spiro atoms. The van der Waals surface area contributed by atoms with E-state index in [9.17, 15) is 4.79 Å². The molecule has 0 aliphatic heterocycles. The average molecular weight is 207 g/mol. The van der Waals surface area contributed by atoms with Crippen molar-refractivity contribution in [3.05, 3.63) is 35.4 Å². The molecule has 0 radical (unpaired) electrons. The van der Waals surface area contributed by atoms with Crippen LogP contribution in [0.4, 0.5) is 0 Å². The number of carbonyl (C=O) groups is 1. The van der Waals surface area contributed by atoms with Crippen LogP contribution in [0, 0.1) is 0 Å². The fourth-order valence-electron chi connectivity index (χ4n) is 1.54. The number of ether oxygens (including phenoxy) is 1. The number of esters is 1. The highest BCUT2D eigenvalue weighted by molar-refractivity contribution is 5.78. The molecule has 0 fully saturated rings. The summed E-state index contributed by atoms with van der Waals surface area (Å²) in [4.78, 5) is 11.4. The van der Waals surface area contributed by atoms with E-state index in [2.05, 4.69) is 6.92 Å². The molecule has 0 heterocycles. The quantitative estimate of drug-likeness (QED) is 0.760. The number of methoxy groups -OCH3 is 1. The summed E-state index contributed by atoms with van der Waals surface area (Å²) in [6.07, 6.45) is 0.951. The molecule has 82 valence electrons. The summed E-state index contributed by atoms with van der Waals surface area (Å²) >= 11 is 0. The first kappa shape index (κ1) is 11.7. The van der Waals surface area contributed by atoms with E-state index >= 15 is 0 Å². The Hall–Kier alpha value is -1.35. The molecule has 0 bridgehead atoms. The first-order valence-electron chi connectivity index (χ1n) is 5.09. The maximum Gasteiger partial charge on any atom is 0.314 e. The van der Waals surface area contributed by atoms with Gasteiger partial charge in [-0.15, -0.1) is 0 Å². The molecule has 0 aromatic heterocycles. The molecular formula is C12H17NO2. The average Bonchev–Trinajstić information content (AvgIpc) is 2.30. The van der Waals surface area contributed by atoms with E-state index < -0.39 is 0 Å². The summed E-state index contributed by atoms with van der Waals surface area (Å²) in [6, 6.07) is 7.90. The van der Waals surface area contributed by atoms with Crippen molar-refractivity contribution in [3.63, 3.8) is 0 Å². The monoisotopic (exact) mass is 207 g/mol. The SMILES string of the molecule is CCc1cccc(C(CN)C(=O)OC)c1. The maximum atomic E-state index is 11.4. The van der Waals surface area contributed by atoms with Gasteiger partial charge in [0.1, 0.15) is 0 Å². The van der Waals surface area contributed by atoms with Gasteiger partial charge >= 0.3 is 5.97 Å². The summed E-state index contributed by atoms with van der Waals surface area (Å²) in [5.74, 6) is -0.618. The van der Waals surface area contributed by atoms with Gasteiger partial charge in [0.2, 0.25) is 0 Å². The standard InChI is InChI=1S/C12H17NO2/c1-3-9-5-4-6-10(7-9)11(8-13)12(14)15-2/h4-7,11H,3,8,13H2,1-2H3. The zero-order valence-electron chi connectivity index (χ0n) is 9.19. The van der Waals surface area contributed by atoms with Crippen molar-refractivity contribution >= 4 is 5.97 Å². The van der Waals surface area contributed by atoms with Crippen LogP contribution in [0.1, 0.15) is 24.0 Å². The number of hydrogen-bond acceptors (Lipinski definition) is 3. The van der Waals surface area contributed by atoms with Crippen molar-refractivity contribution in [1.29, 1.82) is 0 Å². The third kappa shape index (κ3) is 2.80. The largest absolute Gasteiger partial charge is 0.469 e. The zero-order chi connectivity index (χ0) is 11.3. The molecule has 0 amide bonds. The molecule has 3 heteroatoms. The van der Waals surface area contributed by atoms with Gasteiger partial charge in [-0.1, -0.05) is 31.2 Å². The van der Waals surface area contributed by atoms with E-state index in [1.807, 2.05) is 24.3 Å². The van der Waals surface area contributed by atoms with Crippen LogP contribution >= 0.6 is 0 Å². The summed E-state index contributed by atoms with van der Waals surface area (Å²) in [5, 5.41) is 0. The number of aryl methyl sites for hydroxylation is 1. The predicted molar refractivity (Wildman–Crippen MR) is 59.6 cm³/mol. The maximum absolute atomic E-state index is 11.4. The van der Waals surface area contributed by atoms with E-state index in [0.29, 0.717) is 0 Å². The van der Waals surface area contributed by atoms with Crippen LogP contribution in [-0.2, 0) is 16.0 Å². The van der Waals surface area contributed by atoms with Gasteiger partial charge in [-0.25, -0.2) is 0 Å². The van der Waals surface area contributed by atoms with Crippen LogP contribution in [0.2, 0.25) is 0 Å². The highest BCUT2D eigenvalue weighted by Crippen LogP contribution is 2.17. The minimum atomic E-state index is -0.346. The Morgan fingerprint density at radius 2 is 2.27 bits per heavy atom. The fraction of sp³-hybridized carbons (Fsp3) is 0.417. The highest BCUT2D eigenvalue weighted by Gasteiger charge is 2.19. The number of nitrogens with two attached hydrogens (primary N) is 1. The van der Waals surface area contributed by atoms with Crippen LogP contribution in [0.3, 0.4) is 0 Å². The number of carbonyl (C=O) groups excluding carboxylic acids is 1. The molecule has 0 aliphatic carbocycles. The van der Waals surface area contributed by atoms with E-state index in [0.717, 1.165) is 12.0 Å².